The first-order valence-electron chi connectivity index (χ1n) is 9.15. The Labute approximate surface area is 170 Å². The smallest absolute Gasteiger partial charge is 0.228 e. The molecule has 1 unspecified atom stereocenters. The van der Waals surface area contributed by atoms with Crippen LogP contribution in [0.5, 0.6) is 11.5 Å². The van der Waals surface area contributed by atoms with E-state index in [1.165, 1.54) is 6.07 Å². The fourth-order valence-electron chi connectivity index (χ4n) is 3.20. The number of hydrogen-bond donors (Lipinski definition) is 2. The Hall–Kier alpha value is -2.15. The molecule has 0 saturated carbocycles. The molecule has 1 fully saturated rings. The number of benzene rings is 2. The minimum absolute atomic E-state index is 0. The number of ether oxygens (including phenoxy) is 2. The molecular weight excluding hydrogens is 383 g/mol. The summed E-state index contributed by atoms with van der Waals surface area (Å²) in [6, 6.07) is 13.4. The molecule has 2 aromatic carbocycles. The highest BCUT2D eigenvalue weighted by atomic mass is 35.5. The topological polar surface area (TPSA) is 73.6 Å². The molecular formula is C21H26ClFN2O3. The Morgan fingerprint density at radius 2 is 1.93 bits per heavy atom. The molecule has 7 heteroatoms. The largest absolute Gasteiger partial charge is 0.454 e. The second-order valence-electron chi connectivity index (χ2n) is 6.90. The fourth-order valence-corrected chi connectivity index (χ4v) is 3.20. The molecule has 3 rings (SSSR count). The third-order valence-electron chi connectivity index (χ3n) is 5.10. The van der Waals surface area contributed by atoms with Gasteiger partial charge in [0, 0.05) is 19.8 Å². The number of halogens is 2. The second-order valence-corrected chi connectivity index (χ2v) is 6.90. The van der Waals surface area contributed by atoms with Crippen LogP contribution in [-0.2, 0) is 9.53 Å². The van der Waals surface area contributed by atoms with Crippen molar-refractivity contribution in [2.75, 3.05) is 19.8 Å². The van der Waals surface area contributed by atoms with Crippen LogP contribution in [0, 0.1) is 11.2 Å². The molecule has 0 bridgehead atoms. The first-order chi connectivity index (χ1) is 13.0. The molecule has 0 spiro atoms. The number of para-hydroxylation sites is 1. The van der Waals surface area contributed by atoms with Crippen LogP contribution in [0.15, 0.2) is 48.5 Å². The van der Waals surface area contributed by atoms with Crippen LogP contribution in [0.25, 0.3) is 0 Å². The van der Waals surface area contributed by atoms with Crippen LogP contribution in [0.2, 0.25) is 0 Å². The maximum atomic E-state index is 14.5. The van der Waals surface area contributed by atoms with Gasteiger partial charge in [-0.3, -0.25) is 4.79 Å². The molecule has 28 heavy (non-hydrogen) atoms. The highest BCUT2D eigenvalue weighted by molar-refractivity contribution is 5.85. The summed E-state index contributed by atoms with van der Waals surface area (Å²) in [5, 5.41) is 2.97. The molecule has 5 nitrogen and oxygen atoms in total. The zero-order valence-corrected chi connectivity index (χ0v) is 16.6. The van der Waals surface area contributed by atoms with Crippen molar-refractivity contribution >= 4 is 18.3 Å². The summed E-state index contributed by atoms with van der Waals surface area (Å²) in [5.41, 5.74) is 5.94. The quantitative estimate of drug-likeness (QED) is 0.758. The van der Waals surface area contributed by atoms with Gasteiger partial charge in [0.2, 0.25) is 5.91 Å². The summed E-state index contributed by atoms with van der Waals surface area (Å²) in [4.78, 5) is 12.8. The molecule has 0 aromatic heterocycles. The summed E-state index contributed by atoms with van der Waals surface area (Å²) in [6.45, 7) is 3.15. The summed E-state index contributed by atoms with van der Waals surface area (Å²) >= 11 is 0. The molecule has 1 atom stereocenters. The van der Waals surface area contributed by atoms with Crippen molar-refractivity contribution in [2.45, 2.75) is 25.8 Å². The predicted octanol–water partition coefficient (Wildman–Crippen LogP) is 3.97. The highest BCUT2D eigenvalue weighted by Crippen LogP contribution is 2.31. The molecule has 2 aromatic rings. The van der Waals surface area contributed by atoms with Crippen LogP contribution in [-0.4, -0.2) is 25.7 Å². The summed E-state index contributed by atoms with van der Waals surface area (Å²) < 4.78 is 25.4. The third-order valence-corrected chi connectivity index (χ3v) is 5.10. The van der Waals surface area contributed by atoms with Crippen molar-refractivity contribution in [1.82, 2.24) is 5.32 Å². The van der Waals surface area contributed by atoms with Crippen molar-refractivity contribution in [3.05, 3.63) is 59.9 Å². The van der Waals surface area contributed by atoms with E-state index in [0.29, 0.717) is 37.4 Å². The van der Waals surface area contributed by atoms with E-state index in [1.807, 2.05) is 25.1 Å². The normalized spacial score (nSPS) is 16.5. The van der Waals surface area contributed by atoms with E-state index in [-0.39, 0.29) is 36.7 Å². The van der Waals surface area contributed by atoms with E-state index in [1.54, 1.807) is 24.3 Å². The van der Waals surface area contributed by atoms with Crippen LogP contribution < -0.4 is 15.8 Å². The number of nitrogens with one attached hydrogen (secondary N) is 1. The van der Waals surface area contributed by atoms with Gasteiger partial charge < -0.3 is 20.5 Å². The third kappa shape index (κ3) is 5.01. The van der Waals surface area contributed by atoms with Crippen LogP contribution in [0.4, 0.5) is 4.39 Å². The van der Waals surface area contributed by atoms with Gasteiger partial charge in [-0.15, -0.1) is 12.4 Å². The zero-order chi connectivity index (χ0) is 19.3. The van der Waals surface area contributed by atoms with Gasteiger partial charge in [0.15, 0.2) is 11.6 Å². The Morgan fingerprint density at radius 3 is 2.54 bits per heavy atom. The van der Waals surface area contributed by atoms with E-state index < -0.39 is 11.2 Å². The van der Waals surface area contributed by atoms with Gasteiger partial charge >= 0.3 is 0 Å². The van der Waals surface area contributed by atoms with Gasteiger partial charge in [-0.1, -0.05) is 24.3 Å². The number of hydrogen-bond acceptors (Lipinski definition) is 4. The maximum Gasteiger partial charge on any atom is 0.228 e. The zero-order valence-electron chi connectivity index (χ0n) is 15.8. The second kappa shape index (κ2) is 9.87. The van der Waals surface area contributed by atoms with Crippen molar-refractivity contribution in [2.24, 2.45) is 11.1 Å². The lowest BCUT2D eigenvalue weighted by atomic mass is 9.79. The van der Waals surface area contributed by atoms with Crippen molar-refractivity contribution in [3.63, 3.8) is 0 Å². The maximum absolute atomic E-state index is 14.5. The Kier molecular flexibility index (Phi) is 7.80. The summed E-state index contributed by atoms with van der Waals surface area (Å²) in [5.74, 6) is 0.129. The molecule has 3 N–H and O–H groups in total. The molecule has 1 aliphatic rings. The van der Waals surface area contributed by atoms with Gasteiger partial charge in [0.25, 0.3) is 0 Å². The fraction of sp³-hybridized carbons (Fsp3) is 0.381. The summed E-state index contributed by atoms with van der Waals surface area (Å²) in [6.07, 6.45) is 1.19. The van der Waals surface area contributed by atoms with Gasteiger partial charge in [-0.25, -0.2) is 4.39 Å². The van der Waals surface area contributed by atoms with Crippen LogP contribution in [0.3, 0.4) is 0 Å². The standard InChI is InChI=1S/C21H25FN2O3.ClH/c1-15(24-20(25)21(14-23)9-11-26-12-10-21)16-7-8-19(18(22)13-16)27-17-5-3-2-4-6-17;/h2-8,13,15H,9-12,14,23H2,1H3,(H,24,25);1H. The van der Waals surface area contributed by atoms with E-state index in [2.05, 4.69) is 5.32 Å². The van der Waals surface area contributed by atoms with E-state index in [4.69, 9.17) is 15.2 Å². The Balaban J connectivity index is 0.00000280. The predicted molar refractivity (Wildman–Crippen MR) is 108 cm³/mol. The number of carbonyl (C=O) groups is 1. The van der Waals surface area contributed by atoms with E-state index in [9.17, 15) is 9.18 Å². The first kappa shape index (κ1) is 22.1. The monoisotopic (exact) mass is 408 g/mol. The van der Waals surface area contributed by atoms with Crippen LogP contribution >= 0.6 is 12.4 Å². The van der Waals surface area contributed by atoms with Crippen LogP contribution in [0.1, 0.15) is 31.4 Å². The SMILES string of the molecule is CC(NC(=O)C1(CN)CCOCC1)c1ccc(Oc2ccccc2)c(F)c1.Cl. The Morgan fingerprint density at radius 1 is 1.25 bits per heavy atom. The van der Waals surface area contributed by atoms with Crippen molar-refractivity contribution in [3.8, 4) is 11.5 Å². The van der Waals surface area contributed by atoms with Gasteiger partial charge in [-0.2, -0.15) is 0 Å². The molecule has 1 saturated heterocycles. The van der Waals surface area contributed by atoms with Gasteiger partial charge in [0.05, 0.1) is 11.5 Å². The lowest BCUT2D eigenvalue weighted by Gasteiger charge is -2.35. The molecule has 1 amide bonds. The van der Waals surface area contributed by atoms with Gasteiger partial charge in [-0.05, 0) is 49.6 Å². The van der Waals surface area contributed by atoms with E-state index >= 15 is 0 Å². The summed E-state index contributed by atoms with van der Waals surface area (Å²) in [7, 11) is 0. The molecule has 1 heterocycles. The minimum Gasteiger partial charge on any atom is -0.454 e. The number of nitrogens with two attached hydrogens (primary N) is 1. The molecule has 152 valence electrons. The number of rotatable bonds is 6. The lowest BCUT2D eigenvalue weighted by molar-refractivity contribution is -0.136. The molecule has 0 radical (unpaired) electrons. The Bertz CT molecular complexity index is 782. The minimum atomic E-state index is -0.610. The lowest BCUT2D eigenvalue weighted by Crippen LogP contribution is -2.49. The van der Waals surface area contributed by atoms with Gasteiger partial charge in [0.1, 0.15) is 5.75 Å². The number of amides is 1. The number of carbonyl (C=O) groups excluding carboxylic acids is 1. The molecule has 1 aliphatic heterocycles. The first-order valence-corrected chi connectivity index (χ1v) is 9.15. The van der Waals surface area contributed by atoms with E-state index in [0.717, 1.165) is 0 Å². The average molecular weight is 409 g/mol. The van der Waals surface area contributed by atoms with Crippen molar-refractivity contribution in [1.29, 1.82) is 0 Å². The average Bonchev–Trinajstić information content (AvgIpc) is 2.70. The highest BCUT2D eigenvalue weighted by Gasteiger charge is 2.39. The molecule has 0 aliphatic carbocycles. The van der Waals surface area contributed by atoms with Crippen molar-refractivity contribution < 1.29 is 18.7 Å².